The number of aryl methyl sites for hydroxylation is 2. The molecule has 0 aliphatic rings. The molecule has 2 aromatic carbocycles. The smallest absolute Gasteiger partial charge is 0.291 e. The molecule has 0 saturated carbocycles. The Hall–Kier alpha value is -3.08. The monoisotopic (exact) mass is 322 g/mol. The highest BCUT2D eigenvalue weighted by atomic mass is 16.3. The third-order valence-corrected chi connectivity index (χ3v) is 3.86. The molecule has 1 aromatic heterocycles. The van der Waals surface area contributed by atoms with E-state index < -0.39 is 0 Å². The first-order valence-corrected chi connectivity index (χ1v) is 7.63. The third-order valence-electron chi connectivity index (χ3n) is 3.86. The molecular weight excluding hydrogens is 304 g/mol. The van der Waals surface area contributed by atoms with Crippen molar-refractivity contribution in [1.29, 1.82) is 0 Å². The largest absolute Gasteiger partial charge is 0.451 e. The number of hydrogen-bond donors (Lipinski definition) is 2. The van der Waals surface area contributed by atoms with Crippen LogP contribution in [0.5, 0.6) is 0 Å². The summed E-state index contributed by atoms with van der Waals surface area (Å²) >= 11 is 0. The fourth-order valence-corrected chi connectivity index (χ4v) is 2.61. The Balaban J connectivity index is 1.91. The van der Waals surface area contributed by atoms with Crippen LogP contribution in [0, 0.1) is 13.8 Å². The lowest BCUT2D eigenvalue weighted by molar-refractivity contribution is -0.114. The first-order chi connectivity index (χ1) is 11.5. The number of fused-ring (bicyclic) bond motifs is 1. The van der Waals surface area contributed by atoms with Crippen LogP contribution in [-0.2, 0) is 4.79 Å². The van der Waals surface area contributed by atoms with Gasteiger partial charge in [0.1, 0.15) is 5.58 Å². The normalized spacial score (nSPS) is 10.6. The van der Waals surface area contributed by atoms with Crippen LogP contribution >= 0.6 is 0 Å². The van der Waals surface area contributed by atoms with Gasteiger partial charge >= 0.3 is 0 Å². The molecule has 0 atom stereocenters. The highest BCUT2D eigenvalue weighted by Gasteiger charge is 2.18. The summed E-state index contributed by atoms with van der Waals surface area (Å²) in [5, 5.41) is 6.49. The van der Waals surface area contributed by atoms with E-state index >= 15 is 0 Å². The van der Waals surface area contributed by atoms with E-state index in [0.29, 0.717) is 22.7 Å². The summed E-state index contributed by atoms with van der Waals surface area (Å²) in [7, 11) is 0. The van der Waals surface area contributed by atoms with E-state index in [1.807, 2.05) is 44.2 Å². The average molecular weight is 322 g/mol. The molecule has 1 heterocycles. The number of anilines is 2. The SMILES string of the molecule is CC(=O)Nc1ccc(C)c(NC(=O)c2oc3ccccc3c2C)c1. The van der Waals surface area contributed by atoms with Gasteiger partial charge in [0.25, 0.3) is 5.91 Å². The maximum Gasteiger partial charge on any atom is 0.291 e. The van der Waals surface area contributed by atoms with Gasteiger partial charge in [-0.3, -0.25) is 9.59 Å². The van der Waals surface area contributed by atoms with Crippen LogP contribution in [-0.4, -0.2) is 11.8 Å². The van der Waals surface area contributed by atoms with Crippen molar-refractivity contribution in [2.45, 2.75) is 20.8 Å². The Bertz CT molecular complexity index is 941. The fourth-order valence-electron chi connectivity index (χ4n) is 2.61. The highest BCUT2D eigenvalue weighted by molar-refractivity contribution is 6.07. The summed E-state index contributed by atoms with van der Waals surface area (Å²) in [6.45, 7) is 5.19. The highest BCUT2D eigenvalue weighted by Crippen LogP contribution is 2.27. The van der Waals surface area contributed by atoms with E-state index in [4.69, 9.17) is 4.42 Å². The van der Waals surface area contributed by atoms with Gasteiger partial charge in [-0.2, -0.15) is 0 Å². The van der Waals surface area contributed by atoms with Gasteiger partial charge in [-0.15, -0.1) is 0 Å². The summed E-state index contributed by atoms with van der Waals surface area (Å²) in [5.41, 5.74) is 3.64. The van der Waals surface area contributed by atoms with Gasteiger partial charge in [-0.05, 0) is 37.6 Å². The Kier molecular flexibility index (Phi) is 4.08. The molecule has 2 N–H and O–H groups in total. The second-order valence-electron chi connectivity index (χ2n) is 5.72. The van der Waals surface area contributed by atoms with Crippen LogP contribution in [0.15, 0.2) is 46.9 Å². The first kappa shape index (κ1) is 15.8. The second kappa shape index (κ2) is 6.20. The molecule has 0 aliphatic heterocycles. The van der Waals surface area contributed by atoms with Crippen LogP contribution in [0.1, 0.15) is 28.6 Å². The Morgan fingerprint density at radius 3 is 2.46 bits per heavy atom. The number of rotatable bonds is 3. The number of benzene rings is 2. The van der Waals surface area contributed by atoms with Gasteiger partial charge in [0.05, 0.1) is 0 Å². The number of carbonyl (C=O) groups excluding carboxylic acids is 2. The molecule has 0 spiro atoms. The molecule has 24 heavy (non-hydrogen) atoms. The van der Waals surface area contributed by atoms with Crippen LogP contribution in [0.3, 0.4) is 0 Å². The molecule has 3 rings (SSSR count). The van der Waals surface area contributed by atoms with Crippen molar-refractivity contribution in [3.63, 3.8) is 0 Å². The first-order valence-electron chi connectivity index (χ1n) is 7.63. The van der Waals surface area contributed by atoms with E-state index in [1.54, 1.807) is 12.1 Å². The maximum absolute atomic E-state index is 12.6. The fraction of sp³-hybridized carbons (Fsp3) is 0.158. The van der Waals surface area contributed by atoms with Gasteiger partial charge in [-0.25, -0.2) is 0 Å². The van der Waals surface area contributed by atoms with Crippen molar-refractivity contribution < 1.29 is 14.0 Å². The van der Waals surface area contributed by atoms with Crippen LogP contribution in [0.25, 0.3) is 11.0 Å². The van der Waals surface area contributed by atoms with Crippen molar-refractivity contribution in [2.24, 2.45) is 0 Å². The quantitative estimate of drug-likeness (QED) is 0.757. The third kappa shape index (κ3) is 3.01. The van der Waals surface area contributed by atoms with Crippen molar-refractivity contribution in [3.05, 3.63) is 59.4 Å². The van der Waals surface area contributed by atoms with Crippen LogP contribution in [0.2, 0.25) is 0 Å². The molecule has 0 radical (unpaired) electrons. The zero-order valence-electron chi connectivity index (χ0n) is 13.8. The van der Waals surface area contributed by atoms with Crippen molar-refractivity contribution in [1.82, 2.24) is 0 Å². The standard InChI is InChI=1S/C19H18N2O3/c1-11-8-9-14(20-13(3)22)10-16(11)21-19(23)18-12(2)15-6-4-5-7-17(15)24-18/h4-10H,1-3H3,(H,20,22)(H,21,23). The predicted octanol–water partition coefficient (Wildman–Crippen LogP) is 4.26. The number of nitrogens with one attached hydrogen (secondary N) is 2. The van der Waals surface area contributed by atoms with E-state index in [2.05, 4.69) is 10.6 Å². The number of amides is 2. The van der Waals surface area contributed by atoms with Gasteiger partial charge in [0, 0.05) is 29.2 Å². The van der Waals surface area contributed by atoms with Gasteiger partial charge in [0.15, 0.2) is 5.76 Å². The minimum absolute atomic E-state index is 0.163. The molecule has 0 bridgehead atoms. The molecule has 3 aromatic rings. The summed E-state index contributed by atoms with van der Waals surface area (Å²) < 4.78 is 5.69. The van der Waals surface area contributed by atoms with Gasteiger partial charge in [-0.1, -0.05) is 24.3 Å². The maximum atomic E-state index is 12.6. The molecule has 5 nitrogen and oxygen atoms in total. The molecule has 0 fully saturated rings. The number of carbonyl (C=O) groups is 2. The molecule has 0 saturated heterocycles. The van der Waals surface area contributed by atoms with Crippen LogP contribution < -0.4 is 10.6 Å². The van der Waals surface area contributed by atoms with Crippen molar-refractivity contribution in [2.75, 3.05) is 10.6 Å². The Labute approximate surface area is 139 Å². The average Bonchev–Trinajstić information content (AvgIpc) is 2.88. The van der Waals surface area contributed by atoms with Crippen molar-refractivity contribution >= 4 is 34.2 Å². The number of furan rings is 1. The molecule has 122 valence electrons. The van der Waals surface area contributed by atoms with E-state index in [-0.39, 0.29) is 11.8 Å². The molecular formula is C19H18N2O3. The summed E-state index contributed by atoms with van der Waals surface area (Å²) in [6, 6.07) is 12.9. The lowest BCUT2D eigenvalue weighted by atomic mass is 10.1. The van der Waals surface area contributed by atoms with Crippen molar-refractivity contribution in [3.8, 4) is 0 Å². The Morgan fingerprint density at radius 2 is 1.75 bits per heavy atom. The molecule has 0 unspecified atom stereocenters. The second-order valence-corrected chi connectivity index (χ2v) is 5.72. The lowest BCUT2D eigenvalue weighted by Crippen LogP contribution is -2.14. The van der Waals surface area contributed by atoms with Gasteiger partial charge in [0.2, 0.25) is 5.91 Å². The van der Waals surface area contributed by atoms with E-state index in [9.17, 15) is 9.59 Å². The number of hydrogen-bond acceptors (Lipinski definition) is 3. The van der Waals surface area contributed by atoms with E-state index in [0.717, 1.165) is 16.5 Å². The molecule has 0 aliphatic carbocycles. The summed E-state index contributed by atoms with van der Waals surface area (Å²) in [6.07, 6.45) is 0. The topological polar surface area (TPSA) is 71.3 Å². The zero-order valence-corrected chi connectivity index (χ0v) is 13.8. The minimum Gasteiger partial charge on any atom is -0.451 e. The number of para-hydroxylation sites is 1. The predicted molar refractivity (Wildman–Crippen MR) is 94.4 cm³/mol. The van der Waals surface area contributed by atoms with E-state index in [1.165, 1.54) is 6.92 Å². The summed E-state index contributed by atoms with van der Waals surface area (Å²) in [5.74, 6) is -0.184. The van der Waals surface area contributed by atoms with Crippen LogP contribution in [0.4, 0.5) is 11.4 Å². The molecule has 2 amide bonds. The Morgan fingerprint density at radius 1 is 1.00 bits per heavy atom. The minimum atomic E-state index is -0.313. The van der Waals surface area contributed by atoms with Gasteiger partial charge < -0.3 is 15.1 Å². The zero-order chi connectivity index (χ0) is 17.3. The lowest BCUT2D eigenvalue weighted by Gasteiger charge is -2.10. The molecule has 5 heteroatoms. The summed E-state index contributed by atoms with van der Waals surface area (Å²) in [4.78, 5) is 23.8.